The molecule has 3 heterocycles. The van der Waals surface area contributed by atoms with Crippen molar-refractivity contribution >= 4 is 17.0 Å². The Kier molecular flexibility index (Phi) is 2.60. The van der Waals surface area contributed by atoms with E-state index in [2.05, 4.69) is 19.9 Å². The lowest BCUT2D eigenvalue weighted by atomic mass is 10.1. The zero-order valence-corrected chi connectivity index (χ0v) is 9.38. The quantitative estimate of drug-likeness (QED) is 0.700. The van der Waals surface area contributed by atoms with Crippen molar-refractivity contribution in [1.29, 1.82) is 0 Å². The zero-order valence-electron chi connectivity index (χ0n) is 9.38. The van der Waals surface area contributed by atoms with E-state index in [4.69, 9.17) is 15.6 Å². The third-order valence-corrected chi connectivity index (χ3v) is 2.94. The smallest absolute Gasteiger partial charge is 0.183 e. The van der Waals surface area contributed by atoms with Crippen molar-refractivity contribution < 1.29 is 14.2 Å². The van der Waals surface area contributed by atoms with Gasteiger partial charge in [-0.15, -0.1) is 0 Å². The number of aromatic nitrogens is 4. The number of nitrogens with two attached hydrogens (primary N) is 1. The highest BCUT2D eigenvalue weighted by atomic mass is 19.1. The third kappa shape index (κ3) is 1.70. The van der Waals surface area contributed by atoms with Crippen LogP contribution in [-0.2, 0) is 4.74 Å². The van der Waals surface area contributed by atoms with Gasteiger partial charge >= 0.3 is 0 Å². The molecule has 0 aliphatic carbocycles. The molecule has 0 aromatic carbocycles. The minimum absolute atomic E-state index is 0.128. The molecule has 1 unspecified atom stereocenters. The Hall–Kier alpha value is -1.80. The number of nitrogens with zero attached hydrogens (tertiary/aromatic N) is 3. The number of ether oxygens (including phenoxy) is 1. The maximum absolute atomic E-state index is 13.8. The number of hydrogen-bond donors (Lipinski definition) is 3. The third-order valence-electron chi connectivity index (χ3n) is 2.94. The van der Waals surface area contributed by atoms with E-state index in [-0.39, 0.29) is 24.7 Å². The summed E-state index contributed by atoms with van der Waals surface area (Å²) in [7, 11) is 0. The molecule has 0 saturated carbocycles. The van der Waals surface area contributed by atoms with Crippen molar-refractivity contribution in [2.24, 2.45) is 0 Å². The van der Waals surface area contributed by atoms with Crippen LogP contribution in [0.25, 0.3) is 11.2 Å². The van der Waals surface area contributed by atoms with E-state index in [0.717, 1.165) is 0 Å². The summed E-state index contributed by atoms with van der Waals surface area (Å²) in [5.41, 5.74) is 6.63. The van der Waals surface area contributed by atoms with Gasteiger partial charge in [-0.25, -0.2) is 19.3 Å². The van der Waals surface area contributed by atoms with Gasteiger partial charge in [0.15, 0.2) is 17.3 Å². The molecule has 2 aromatic heterocycles. The molecule has 4 N–H and O–H groups in total. The molecule has 3 atom stereocenters. The van der Waals surface area contributed by atoms with Crippen LogP contribution in [0.1, 0.15) is 18.3 Å². The average molecular weight is 253 g/mol. The summed E-state index contributed by atoms with van der Waals surface area (Å²) in [5, 5.41) is 8.97. The van der Waals surface area contributed by atoms with Crippen LogP contribution in [0.4, 0.5) is 10.2 Å². The summed E-state index contributed by atoms with van der Waals surface area (Å²) in [4.78, 5) is 14.9. The lowest BCUT2D eigenvalue weighted by Gasteiger charge is -2.12. The minimum atomic E-state index is -1.25. The molecule has 1 saturated heterocycles. The van der Waals surface area contributed by atoms with E-state index in [1.54, 1.807) is 0 Å². The first-order chi connectivity index (χ1) is 8.69. The molecule has 96 valence electrons. The number of imidazole rings is 1. The Labute approximate surface area is 101 Å². The van der Waals surface area contributed by atoms with Crippen molar-refractivity contribution in [3.05, 3.63) is 12.2 Å². The molecule has 18 heavy (non-hydrogen) atoms. The summed E-state index contributed by atoms with van der Waals surface area (Å²) in [6, 6.07) is 0. The number of aliphatic hydroxyl groups excluding tert-OH is 1. The van der Waals surface area contributed by atoms with E-state index in [0.29, 0.717) is 11.2 Å². The molecular formula is C10H12FN5O2. The summed E-state index contributed by atoms with van der Waals surface area (Å²) in [5.74, 6) is 0.367. The van der Waals surface area contributed by atoms with Gasteiger partial charge in [0, 0.05) is 6.42 Å². The van der Waals surface area contributed by atoms with Crippen LogP contribution in [0.5, 0.6) is 0 Å². The van der Waals surface area contributed by atoms with Crippen molar-refractivity contribution in [3.63, 3.8) is 0 Å². The maximum atomic E-state index is 13.8. The summed E-state index contributed by atoms with van der Waals surface area (Å²) in [6.45, 7) is -0.225. The van der Waals surface area contributed by atoms with Gasteiger partial charge in [0.2, 0.25) is 0 Å². The van der Waals surface area contributed by atoms with Crippen LogP contribution in [-0.4, -0.2) is 43.9 Å². The molecule has 1 fully saturated rings. The Bertz CT molecular complexity index is 574. The van der Waals surface area contributed by atoms with Gasteiger partial charge in [0.1, 0.15) is 17.8 Å². The number of anilines is 1. The molecule has 1 aliphatic rings. The summed E-state index contributed by atoms with van der Waals surface area (Å²) >= 11 is 0. The highest BCUT2D eigenvalue weighted by Crippen LogP contribution is 2.34. The normalized spacial score (nSPS) is 28.0. The number of hydrogen-bond acceptors (Lipinski definition) is 6. The van der Waals surface area contributed by atoms with E-state index in [1.165, 1.54) is 6.33 Å². The van der Waals surface area contributed by atoms with Crippen LogP contribution in [0.3, 0.4) is 0 Å². The first kappa shape index (κ1) is 11.3. The van der Waals surface area contributed by atoms with Gasteiger partial charge in [-0.3, -0.25) is 0 Å². The molecule has 0 bridgehead atoms. The fraction of sp³-hybridized carbons (Fsp3) is 0.500. The van der Waals surface area contributed by atoms with Crippen molar-refractivity contribution in [3.8, 4) is 0 Å². The number of aromatic amines is 1. The molecule has 2 aromatic rings. The Morgan fingerprint density at radius 3 is 3.11 bits per heavy atom. The predicted molar refractivity (Wildman–Crippen MR) is 60.3 cm³/mol. The SMILES string of the molecule is Nc1nc(C2O[C@H](CO)C[C@@H]2F)nc2nc[nH]c12. The summed E-state index contributed by atoms with van der Waals surface area (Å²) in [6.07, 6.45) is -1.10. The van der Waals surface area contributed by atoms with Gasteiger partial charge in [-0.05, 0) is 0 Å². The Balaban J connectivity index is 1.99. The number of rotatable bonds is 2. The van der Waals surface area contributed by atoms with Gasteiger partial charge < -0.3 is 20.6 Å². The highest BCUT2D eigenvalue weighted by Gasteiger charge is 2.38. The maximum Gasteiger partial charge on any atom is 0.183 e. The topological polar surface area (TPSA) is 110 Å². The van der Waals surface area contributed by atoms with Crippen LogP contribution in [0, 0.1) is 0 Å². The largest absolute Gasteiger partial charge is 0.394 e. The second-order valence-electron chi connectivity index (χ2n) is 4.18. The van der Waals surface area contributed by atoms with Crippen molar-refractivity contribution in [2.75, 3.05) is 12.3 Å². The van der Waals surface area contributed by atoms with E-state index < -0.39 is 18.4 Å². The molecule has 1 aliphatic heterocycles. The molecule has 0 radical (unpaired) electrons. The predicted octanol–water partition coefficient (Wildman–Crippen LogP) is 0.0955. The second kappa shape index (κ2) is 4.14. The number of H-pyrrole nitrogens is 1. The standard InChI is InChI=1S/C10H12FN5O2/c11-5-1-4(2-17)18-7(5)10-15-8(12)6-9(16-10)14-3-13-6/h3-5,7,17H,1-2H2,(H3,12,13,14,15,16)/t4-,5-,7?/m0/s1. The second-order valence-corrected chi connectivity index (χ2v) is 4.18. The molecule has 0 spiro atoms. The van der Waals surface area contributed by atoms with Crippen LogP contribution >= 0.6 is 0 Å². The first-order valence-corrected chi connectivity index (χ1v) is 5.56. The molecule has 8 heteroatoms. The first-order valence-electron chi connectivity index (χ1n) is 5.56. The number of alkyl halides is 1. The van der Waals surface area contributed by atoms with Crippen molar-refractivity contribution in [1.82, 2.24) is 19.9 Å². The number of aliphatic hydroxyl groups is 1. The number of halogens is 1. The molecule has 3 rings (SSSR count). The van der Waals surface area contributed by atoms with Gasteiger partial charge in [0.05, 0.1) is 19.0 Å². The van der Waals surface area contributed by atoms with Gasteiger partial charge in [0.25, 0.3) is 0 Å². The van der Waals surface area contributed by atoms with E-state index in [9.17, 15) is 4.39 Å². The Morgan fingerprint density at radius 2 is 2.39 bits per heavy atom. The fourth-order valence-corrected chi connectivity index (χ4v) is 2.06. The lowest BCUT2D eigenvalue weighted by molar-refractivity contribution is -0.00317. The van der Waals surface area contributed by atoms with E-state index >= 15 is 0 Å². The zero-order chi connectivity index (χ0) is 12.7. The fourth-order valence-electron chi connectivity index (χ4n) is 2.06. The van der Waals surface area contributed by atoms with Gasteiger partial charge in [-0.1, -0.05) is 0 Å². The van der Waals surface area contributed by atoms with Gasteiger partial charge in [-0.2, -0.15) is 0 Å². The average Bonchev–Trinajstić information content (AvgIpc) is 2.95. The minimum Gasteiger partial charge on any atom is -0.394 e. The van der Waals surface area contributed by atoms with Crippen LogP contribution in [0.15, 0.2) is 6.33 Å². The summed E-state index contributed by atoms with van der Waals surface area (Å²) < 4.78 is 19.1. The number of fused-ring (bicyclic) bond motifs is 1. The number of nitrogen functional groups attached to an aromatic ring is 1. The Morgan fingerprint density at radius 1 is 1.56 bits per heavy atom. The van der Waals surface area contributed by atoms with Crippen LogP contribution in [0.2, 0.25) is 0 Å². The monoisotopic (exact) mass is 253 g/mol. The van der Waals surface area contributed by atoms with Crippen LogP contribution < -0.4 is 5.73 Å². The number of nitrogens with one attached hydrogen (secondary N) is 1. The molecular weight excluding hydrogens is 241 g/mol. The lowest BCUT2D eigenvalue weighted by Crippen LogP contribution is -2.14. The molecule has 0 amide bonds. The molecule has 7 nitrogen and oxygen atoms in total. The van der Waals surface area contributed by atoms with Crippen molar-refractivity contribution in [2.45, 2.75) is 24.8 Å². The van der Waals surface area contributed by atoms with E-state index in [1.807, 2.05) is 0 Å². The highest BCUT2D eigenvalue weighted by molar-refractivity contribution is 5.80.